The van der Waals surface area contributed by atoms with Crippen LogP contribution in [-0.2, 0) is 16.0 Å². The van der Waals surface area contributed by atoms with Crippen molar-refractivity contribution in [1.82, 2.24) is 5.32 Å². The van der Waals surface area contributed by atoms with Gasteiger partial charge in [0, 0.05) is 18.1 Å². The first-order valence-corrected chi connectivity index (χ1v) is 7.70. The number of methoxy groups -OCH3 is 1. The quantitative estimate of drug-likeness (QED) is 0.848. The third-order valence-electron chi connectivity index (χ3n) is 3.28. The Balaban J connectivity index is 1.93. The van der Waals surface area contributed by atoms with Crippen LogP contribution < -0.4 is 5.32 Å². The molecule has 2 rings (SSSR count). The van der Waals surface area contributed by atoms with Crippen LogP contribution in [0.25, 0.3) is 0 Å². The highest BCUT2D eigenvalue weighted by Crippen LogP contribution is 2.17. The fraction of sp³-hybridized carbons (Fsp3) is 0.235. The summed E-state index contributed by atoms with van der Waals surface area (Å²) in [5.41, 5.74) is 1.35. The van der Waals surface area contributed by atoms with Crippen LogP contribution in [0.2, 0.25) is 0 Å². The predicted octanol–water partition coefficient (Wildman–Crippen LogP) is 3.63. The molecule has 0 radical (unpaired) electrons. The van der Waals surface area contributed by atoms with Crippen LogP contribution in [0.5, 0.6) is 0 Å². The van der Waals surface area contributed by atoms with Crippen molar-refractivity contribution in [2.75, 3.05) is 13.7 Å². The van der Waals surface area contributed by atoms with Crippen molar-refractivity contribution < 1.29 is 13.9 Å². The average Bonchev–Trinajstić information content (AvgIpc) is 2.52. The molecule has 0 aliphatic heterocycles. The molecule has 0 unspecified atom stereocenters. The predicted molar refractivity (Wildman–Crippen MR) is 87.0 cm³/mol. The number of amides is 1. The van der Waals surface area contributed by atoms with Crippen LogP contribution in [-0.4, -0.2) is 19.6 Å². The second kappa shape index (κ2) is 8.06. The van der Waals surface area contributed by atoms with E-state index in [9.17, 15) is 9.18 Å². The Hall–Kier alpha value is -1.72. The van der Waals surface area contributed by atoms with E-state index in [0.29, 0.717) is 18.5 Å². The molecule has 2 aromatic carbocycles. The van der Waals surface area contributed by atoms with E-state index in [0.717, 1.165) is 10.0 Å². The Morgan fingerprint density at radius 2 is 2.00 bits per heavy atom. The van der Waals surface area contributed by atoms with Gasteiger partial charge in [-0.3, -0.25) is 4.79 Å². The molecule has 5 heteroatoms. The topological polar surface area (TPSA) is 38.3 Å². The second-order valence-corrected chi connectivity index (χ2v) is 5.72. The van der Waals surface area contributed by atoms with Crippen LogP contribution in [0.4, 0.5) is 4.39 Å². The first-order chi connectivity index (χ1) is 10.6. The van der Waals surface area contributed by atoms with E-state index in [1.54, 1.807) is 12.1 Å². The zero-order valence-corrected chi connectivity index (χ0v) is 13.8. The minimum atomic E-state index is -0.659. The minimum absolute atomic E-state index is 0.232. The lowest BCUT2D eigenvalue weighted by Gasteiger charge is -2.15. The van der Waals surface area contributed by atoms with E-state index in [2.05, 4.69) is 21.2 Å². The molecular weight excluding hydrogens is 349 g/mol. The SMILES string of the molecule is CO[C@H](C(=O)NCCc1cc(Br)ccc1F)c1ccccc1. The molecule has 0 spiro atoms. The molecule has 0 fully saturated rings. The fourth-order valence-electron chi connectivity index (χ4n) is 2.17. The zero-order chi connectivity index (χ0) is 15.9. The van der Waals surface area contributed by atoms with Crippen molar-refractivity contribution >= 4 is 21.8 Å². The van der Waals surface area contributed by atoms with Gasteiger partial charge in [0.15, 0.2) is 6.10 Å². The van der Waals surface area contributed by atoms with Crippen molar-refractivity contribution in [1.29, 1.82) is 0 Å². The summed E-state index contributed by atoms with van der Waals surface area (Å²) in [6, 6.07) is 14.0. The second-order valence-electron chi connectivity index (χ2n) is 4.80. The number of carbonyl (C=O) groups excluding carboxylic acids is 1. The van der Waals surface area contributed by atoms with Gasteiger partial charge in [-0.25, -0.2) is 4.39 Å². The van der Waals surface area contributed by atoms with Crippen LogP contribution in [0.15, 0.2) is 53.0 Å². The number of carbonyl (C=O) groups is 1. The van der Waals surface area contributed by atoms with E-state index in [-0.39, 0.29) is 11.7 Å². The zero-order valence-electron chi connectivity index (χ0n) is 12.2. The Morgan fingerprint density at radius 1 is 1.27 bits per heavy atom. The molecule has 1 amide bonds. The number of benzene rings is 2. The van der Waals surface area contributed by atoms with E-state index in [4.69, 9.17) is 4.74 Å². The summed E-state index contributed by atoms with van der Waals surface area (Å²) < 4.78 is 19.7. The highest BCUT2D eigenvalue weighted by Gasteiger charge is 2.19. The van der Waals surface area contributed by atoms with Crippen molar-refractivity contribution in [3.8, 4) is 0 Å². The van der Waals surface area contributed by atoms with Gasteiger partial charge in [0.25, 0.3) is 5.91 Å². The summed E-state index contributed by atoms with van der Waals surface area (Å²) in [5, 5.41) is 2.78. The van der Waals surface area contributed by atoms with Gasteiger partial charge in [-0.15, -0.1) is 0 Å². The van der Waals surface area contributed by atoms with Crippen molar-refractivity contribution in [2.45, 2.75) is 12.5 Å². The van der Waals surface area contributed by atoms with Crippen LogP contribution in [0, 0.1) is 5.82 Å². The summed E-state index contributed by atoms with van der Waals surface area (Å²) >= 11 is 3.31. The van der Waals surface area contributed by atoms with Crippen molar-refractivity contribution in [3.05, 3.63) is 69.9 Å². The van der Waals surface area contributed by atoms with E-state index in [1.807, 2.05) is 30.3 Å². The lowest BCUT2D eigenvalue weighted by Crippen LogP contribution is -2.32. The number of rotatable bonds is 6. The summed E-state index contributed by atoms with van der Waals surface area (Å²) in [6.45, 7) is 0.346. The average molecular weight is 366 g/mol. The summed E-state index contributed by atoms with van der Waals surface area (Å²) in [6.07, 6.45) is -0.240. The molecule has 0 aromatic heterocycles. The Kier molecular flexibility index (Phi) is 6.10. The number of hydrogen-bond acceptors (Lipinski definition) is 2. The lowest BCUT2D eigenvalue weighted by molar-refractivity contribution is -0.131. The molecule has 22 heavy (non-hydrogen) atoms. The first kappa shape index (κ1) is 16.6. The maximum absolute atomic E-state index is 13.6. The van der Waals surface area contributed by atoms with Crippen molar-refractivity contribution in [2.24, 2.45) is 0 Å². The third-order valence-corrected chi connectivity index (χ3v) is 3.77. The van der Waals surface area contributed by atoms with Crippen LogP contribution in [0.1, 0.15) is 17.2 Å². The summed E-state index contributed by atoms with van der Waals surface area (Å²) in [7, 11) is 1.49. The molecular formula is C17H17BrFNO2. The standard InChI is InChI=1S/C17H17BrFNO2/c1-22-16(12-5-3-2-4-6-12)17(21)20-10-9-13-11-14(18)7-8-15(13)19/h2-8,11,16H,9-10H2,1H3,(H,20,21)/t16-/m0/s1. The number of ether oxygens (including phenoxy) is 1. The molecule has 0 aliphatic carbocycles. The Labute approximate surface area is 137 Å². The van der Waals surface area contributed by atoms with Gasteiger partial charge < -0.3 is 10.1 Å². The van der Waals surface area contributed by atoms with E-state index in [1.165, 1.54) is 13.2 Å². The number of halogens is 2. The molecule has 0 saturated carbocycles. The van der Waals surface area contributed by atoms with Gasteiger partial charge in [-0.05, 0) is 35.7 Å². The van der Waals surface area contributed by atoms with Crippen LogP contribution >= 0.6 is 15.9 Å². The summed E-state index contributed by atoms with van der Waals surface area (Å²) in [4.78, 5) is 12.2. The molecule has 0 bridgehead atoms. The van der Waals surface area contributed by atoms with Gasteiger partial charge in [-0.2, -0.15) is 0 Å². The maximum atomic E-state index is 13.6. The van der Waals surface area contributed by atoms with Gasteiger partial charge in [0.05, 0.1) is 0 Å². The Bertz CT molecular complexity index is 634. The molecule has 1 N–H and O–H groups in total. The molecule has 2 aromatic rings. The van der Waals surface area contributed by atoms with Gasteiger partial charge in [0.2, 0.25) is 0 Å². The first-order valence-electron chi connectivity index (χ1n) is 6.91. The smallest absolute Gasteiger partial charge is 0.253 e. The van der Waals surface area contributed by atoms with Gasteiger partial charge in [-0.1, -0.05) is 46.3 Å². The highest BCUT2D eigenvalue weighted by atomic mass is 79.9. The maximum Gasteiger partial charge on any atom is 0.253 e. The third kappa shape index (κ3) is 4.39. The summed E-state index contributed by atoms with van der Waals surface area (Å²) in [5.74, 6) is -0.507. The van der Waals surface area contributed by atoms with Gasteiger partial charge in [0.1, 0.15) is 5.82 Å². The molecule has 0 heterocycles. The molecule has 0 saturated heterocycles. The molecule has 116 valence electrons. The number of hydrogen-bond donors (Lipinski definition) is 1. The molecule has 0 aliphatic rings. The largest absolute Gasteiger partial charge is 0.367 e. The van der Waals surface area contributed by atoms with Crippen LogP contribution in [0.3, 0.4) is 0 Å². The van der Waals surface area contributed by atoms with Gasteiger partial charge >= 0.3 is 0 Å². The van der Waals surface area contributed by atoms with Crippen molar-refractivity contribution in [3.63, 3.8) is 0 Å². The molecule has 3 nitrogen and oxygen atoms in total. The molecule has 1 atom stereocenters. The highest BCUT2D eigenvalue weighted by molar-refractivity contribution is 9.10. The normalized spacial score (nSPS) is 12.0. The fourth-order valence-corrected chi connectivity index (χ4v) is 2.58. The lowest BCUT2D eigenvalue weighted by atomic mass is 10.1. The monoisotopic (exact) mass is 365 g/mol. The number of nitrogens with one attached hydrogen (secondary N) is 1. The van der Waals surface area contributed by atoms with E-state index < -0.39 is 6.10 Å². The Morgan fingerprint density at radius 3 is 2.68 bits per heavy atom. The minimum Gasteiger partial charge on any atom is -0.367 e. The van der Waals surface area contributed by atoms with E-state index >= 15 is 0 Å².